The largest absolute Gasteiger partial charge is 0.490 e. The van der Waals surface area contributed by atoms with Gasteiger partial charge in [0, 0.05) is 6.42 Å². The standard InChI is InChI=1S/C21H25F3N2O5/c1-13(2)15(30-18(29)21(22,23)24)16(27)26-20(12-25,17(28)31-19(3,4)5)11-14-9-7-6-8-10-14/h6-10,13,15H,11H2,1-5H3,(H,26,27). The second-order valence-corrected chi connectivity index (χ2v) is 8.24. The van der Waals surface area contributed by atoms with Gasteiger partial charge in [-0.3, -0.25) is 4.79 Å². The molecule has 0 heterocycles. The number of nitrogens with one attached hydrogen (secondary N) is 1. The predicted molar refractivity (Wildman–Crippen MR) is 103 cm³/mol. The van der Waals surface area contributed by atoms with Crippen LogP contribution < -0.4 is 5.32 Å². The predicted octanol–water partition coefficient (Wildman–Crippen LogP) is 3.08. The Balaban J connectivity index is 3.31. The number of esters is 2. The van der Waals surface area contributed by atoms with Gasteiger partial charge in [-0.05, 0) is 32.3 Å². The Morgan fingerprint density at radius 2 is 1.61 bits per heavy atom. The van der Waals surface area contributed by atoms with Gasteiger partial charge >= 0.3 is 18.1 Å². The minimum atomic E-state index is -5.31. The summed E-state index contributed by atoms with van der Waals surface area (Å²) in [5.41, 5.74) is -2.78. The molecule has 0 aliphatic carbocycles. The van der Waals surface area contributed by atoms with E-state index in [2.05, 4.69) is 10.1 Å². The molecule has 31 heavy (non-hydrogen) atoms. The van der Waals surface area contributed by atoms with Crippen molar-refractivity contribution < 1.29 is 37.0 Å². The summed E-state index contributed by atoms with van der Waals surface area (Å²) in [6, 6.07) is 9.93. The fourth-order valence-corrected chi connectivity index (χ4v) is 2.50. The van der Waals surface area contributed by atoms with Gasteiger partial charge in [-0.15, -0.1) is 0 Å². The molecule has 1 aromatic rings. The highest BCUT2D eigenvalue weighted by atomic mass is 19.4. The fraction of sp³-hybridized carbons (Fsp3) is 0.524. The number of carbonyl (C=O) groups excluding carboxylic acids is 3. The lowest BCUT2D eigenvalue weighted by Crippen LogP contribution is -2.60. The summed E-state index contributed by atoms with van der Waals surface area (Å²) < 4.78 is 47.4. The lowest BCUT2D eigenvalue weighted by atomic mass is 9.90. The van der Waals surface area contributed by atoms with Gasteiger partial charge in [0.25, 0.3) is 5.91 Å². The topological polar surface area (TPSA) is 105 Å². The van der Waals surface area contributed by atoms with Crippen LogP contribution in [0.4, 0.5) is 13.2 Å². The molecule has 1 aromatic carbocycles. The van der Waals surface area contributed by atoms with Crippen molar-refractivity contribution in [3.63, 3.8) is 0 Å². The third kappa shape index (κ3) is 7.59. The molecule has 1 amide bonds. The zero-order valence-corrected chi connectivity index (χ0v) is 17.9. The molecule has 1 N–H and O–H groups in total. The zero-order valence-electron chi connectivity index (χ0n) is 17.9. The summed E-state index contributed by atoms with van der Waals surface area (Å²) in [6.45, 7) is 7.37. The van der Waals surface area contributed by atoms with Crippen LogP contribution in [0, 0.1) is 17.2 Å². The van der Waals surface area contributed by atoms with Gasteiger partial charge in [-0.25, -0.2) is 9.59 Å². The van der Waals surface area contributed by atoms with Crippen LogP contribution in [0.5, 0.6) is 0 Å². The molecule has 0 aliphatic heterocycles. The molecule has 10 heteroatoms. The van der Waals surface area contributed by atoms with E-state index in [1.165, 1.54) is 13.8 Å². The van der Waals surface area contributed by atoms with E-state index in [1.807, 2.05) is 0 Å². The van der Waals surface area contributed by atoms with Crippen molar-refractivity contribution in [2.24, 2.45) is 5.92 Å². The second-order valence-electron chi connectivity index (χ2n) is 8.24. The molecule has 0 aliphatic rings. The molecule has 0 fully saturated rings. The average molecular weight is 442 g/mol. The van der Waals surface area contributed by atoms with Crippen LogP contribution >= 0.6 is 0 Å². The Morgan fingerprint density at radius 1 is 1.06 bits per heavy atom. The SMILES string of the molecule is CC(C)C(OC(=O)C(F)(F)F)C(=O)NC(C#N)(Cc1ccccc1)C(=O)OC(C)(C)C. The number of nitrogens with zero attached hydrogens (tertiary/aromatic N) is 1. The Morgan fingerprint density at radius 3 is 2.03 bits per heavy atom. The van der Waals surface area contributed by atoms with Gasteiger partial charge < -0.3 is 14.8 Å². The van der Waals surface area contributed by atoms with Crippen LogP contribution in [0.3, 0.4) is 0 Å². The van der Waals surface area contributed by atoms with Gasteiger partial charge in [0.1, 0.15) is 11.7 Å². The highest BCUT2D eigenvalue weighted by Crippen LogP contribution is 2.23. The number of hydrogen-bond acceptors (Lipinski definition) is 6. The van der Waals surface area contributed by atoms with Crippen molar-refractivity contribution >= 4 is 17.8 Å². The molecule has 0 spiro atoms. The van der Waals surface area contributed by atoms with Crippen LogP contribution in [0.2, 0.25) is 0 Å². The molecule has 0 bridgehead atoms. The molecule has 7 nitrogen and oxygen atoms in total. The van der Waals surface area contributed by atoms with Crippen LogP contribution in [-0.4, -0.2) is 41.3 Å². The first-order valence-electron chi connectivity index (χ1n) is 9.40. The third-order valence-corrected chi connectivity index (χ3v) is 3.92. The average Bonchev–Trinajstić information content (AvgIpc) is 2.63. The zero-order chi connectivity index (χ0) is 24.0. The highest BCUT2D eigenvalue weighted by Gasteiger charge is 2.48. The summed E-state index contributed by atoms with van der Waals surface area (Å²) in [6.07, 6.45) is -7.52. The molecule has 0 saturated heterocycles. The number of amides is 1. The van der Waals surface area contributed by atoms with Crippen molar-refractivity contribution in [2.75, 3.05) is 0 Å². The van der Waals surface area contributed by atoms with Crippen molar-refractivity contribution in [3.05, 3.63) is 35.9 Å². The second kappa shape index (κ2) is 9.81. The summed E-state index contributed by atoms with van der Waals surface area (Å²) in [5.74, 6) is -5.75. The number of benzene rings is 1. The Kier molecular flexibility index (Phi) is 8.21. The van der Waals surface area contributed by atoms with E-state index in [0.717, 1.165) is 0 Å². The van der Waals surface area contributed by atoms with Gasteiger partial charge in [0.15, 0.2) is 6.10 Å². The first kappa shape index (κ1) is 25.9. The van der Waals surface area contributed by atoms with E-state index in [9.17, 15) is 32.8 Å². The number of carbonyl (C=O) groups is 3. The van der Waals surface area contributed by atoms with E-state index in [-0.39, 0.29) is 6.42 Å². The van der Waals surface area contributed by atoms with Gasteiger partial charge in [0.05, 0.1) is 0 Å². The Labute approximate surface area is 178 Å². The number of hydrogen-bond donors (Lipinski definition) is 1. The summed E-state index contributed by atoms with van der Waals surface area (Å²) in [5, 5.41) is 12.0. The normalized spacial score (nSPS) is 14.7. The van der Waals surface area contributed by atoms with E-state index < -0.39 is 47.2 Å². The number of nitriles is 1. The van der Waals surface area contributed by atoms with E-state index in [4.69, 9.17) is 4.74 Å². The Bertz CT molecular complexity index is 841. The van der Waals surface area contributed by atoms with Gasteiger partial charge in [0.2, 0.25) is 5.54 Å². The van der Waals surface area contributed by atoms with E-state index in [0.29, 0.717) is 5.56 Å². The number of rotatable bonds is 7. The third-order valence-electron chi connectivity index (χ3n) is 3.92. The molecular formula is C21H25F3N2O5. The number of ether oxygens (including phenoxy) is 2. The van der Waals surface area contributed by atoms with Crippen molar-refractivity contribution in [1.29, 1.82) is 5.26 Å². The molecule has 0 radical (unpaired) electrons. The quantitative estimate of drug-likeness (QED) is 0.651. The minimum Gasteiger partial charge on any atom is -0.457 e. The fourth-order valence-electron chi connectivity index (χ4n) is 2.50. The lowest BCUT2D eigenvalue weighted by molar-refractivity contribution is -0.207. The van der Waals surface area contributed by atoms with Crippen LogP contribution in [-0.2, 0) is 30.3 Å². The lowest BCUT2D eigenvalue weighted by Gasteiger charge is -2.32. The molecule has 0 aromatic heterocycles. The van der Waals surface area contributed by atoms with Crippen LogP contribution in [0.1, 0.15) is 40.2 Å². The molecule has 170 valence electrons. The van der Waals surface area contributed by atoms with Crippen LogP contribution in [0.25, 0.3) is 0 Å². The number of halogens is 3. The maximum absolute atomic E-state index is 12.9. The van der Waals surface area contributed by atoms with Gasteiger partial charge in [-0.1, -0.05) is 44.2 Å². The highest BCUT2D eigenvalue weighted by molar-refractivity contribution is 5.94. The number of alkyl halides is 3. The summed E-state index contributed by atoms with van der Waals surface area (Å²) in [4.78, 5) is 36.9. The van der Waals surface area contributed by atoms with E-state index in [1.54, 1.807) is 57.2 Å². The summed E-state index contributed by atoms with van der Waals surface area (Å²) >= 11 is 0. The maximum Gasteiger partial charge on any atom is 0.490 e. The molecule has 0 saturated carbocycles. The molecule has 2 atom stereocenters. The maximum atomic E-state index is 12.9. The van der Waals surface area contributed by atoms with E-state index >= 15 is 0 Å². The Hall–Kier alpha value is -3.09. The van der Waals surface area contributed by atoms with Crippen molar-refractivity contribution in [1.82, 2.24) is 5.32 Å². The van der Waals surface area contributed by atoms with Crippen molar-refractivity contribution in [2.45, 2.75) is 64.5 Å². The first-order chi connectivity index (χ1) is 14.1. The van der Waals surface area contributed by atoms with Crippen molar-refractivity contribution in [3.8, 4) is 6.07 Å². The minimum absolute atomic E-state index is 0.316. The first-order valence-corrected chi connectivity index (χ1v) is 9.40. The molecule has 1 rings (SSSR count). The van der Waals surface area contributed by atoms with Gasteiger partial charge in [-0.2, -0.15) is 18.4 Å². The molecule has 2 unspecified atom stereocenters. The monoisotopic (exact) mass is 442 g/mol. The van der Waals surface area contributed by atoms with Crippen LogP contribution in [0.15, 0.2) is 30.3 Å². The molecular weight excluding hydrogens is 417 g/mol. The summed E-state index contributed by atoms with van der Waals surface area (Å²) in [7, 11) is 0. The smallest absolute Gasteiger partial charge is 0.457 e.